The van der Waals surface area contributed by atoms with Crippen LogP contribution in [0.1, 0.15) is 23.6 Å². The van der Waals surface area contributed by atoms with Crippen LogP contribution in [0.2, 0.25) is 0 Å². The molecule has 2 rings (SSSR count). The number of piperazine rings is 1. The average molecular weight is 288 g/mol. The summed E-state index contributed by atoms with van der Waals surface area (Å²) in [5.41, 5.74) is -0.340. The van der Waals surface area contributed by atoms with Crippen molar-refractivity contribution < 1.29 is 18.3 Å². The monoisotopic (exact) mass is 288 g/mol. The molecular formula is C14H19F3N2O. The second-order valence-corrected chi connectivity index (χ2v) is 4.90. The van der Waals surface area contributed by atoms with E-state index in [-0.39, 0.29) is 18.2 Å². The van der Waals surface area contributed by atoms with Crippen LogP contribution in [0.15, 0.2) is 24.3 Å². The average Bonchev–Trinajstić information content (AvgIpc) is 2.45. The summed E-state index contributed by atoms with van der Waals surface area (Å²) in [6, 6.07) is 5.27. The number of nitrogens with one attached hydrogen (secondary N) is 1. The molecule has 0 radical (unpaired) electrons. The number of hydrogen-bond donors (Lipinski definition) is 2. The van der Waals surface area contributed by atoms with Crippen LogP contribution in [0, 0.1) is 0 Å². The topological polar surface area (TPSA) is 35.5 Å². The van der Waals surface area contributed by atoms with Crippen LogP contribution in [0.25, 0.3) is 0 Å². The van der Waals surface area contributed by atoms with Crippen molar-refractivity contribution >= 4 is 0 Å². The Hall–Kier alpha value is -1.11. The Bertz CT molecular complexity index is 431. The van der Waals surface area contributed by atoms with Gasteiger partial charge in [0.05, 0.1) is 5.56 Å². The van der Waals surface area contributed by atoms with E-state index in [1.165, 1.54) is 12.1 Å². The molecule has 0 amide bonds. The minimum atomic E-state index is -4.36. The highest BCUT2D eigenvalue weighted by atomic mass is 19.4. The minimum Gasteiger partial charge on any atom is -0.396 e. The molecule has 112 valence electrons. The standard InChI is InChI=1S/C14H19F3N2O/c15-14(16,17)12-4-2-1-3-11(12)13(5-10-20)19-8-6-18-7-9-19/h1-4,13,18,20H,5-10H2/t13-/m0/s1. The Morgan fingerprint density at radius 3 is 2.45 bits per heavy atom. The zero-order valence-corrected chi connectivity index (χ0v) is 11.2. The summed E-state index contributed by atoms with van der Waals surface area (Å²) in [7, 11) is 0. The van der Waals surface area contributed by atoms with Gasteiger partial charge in [0.2, 0.25) is 0 Å². The zero-order valence-electron chi connectivity index (χ0n) is 11.2. The molecule has 0 aliphatic carbocycles. The Balaban J connectivity index is 2.33. The quantitative estimate of drug-likeness (QED) is 0.890. The van der Waals surface area contributed by atoms with Crippen molar-refractivity contribution in [3.05, 3.63) is 35.4 Å². The minimum absolute atomic E-state index is 0.124. The molecular weight excluding hydrogens is 269 g/mol. The molecule has 1 aliphatic heterocycles. The van der Waals surface area contributed by atoms with E-state index in [1.54, 1.807) is 6.07 Å². The Kier molecular flexibility index (Phi) is 5.01. The third kappa shape index (κ3) is 3.50. The van der Waals surface area contributed by atoms with E-state index in [0.29, 0.717) is 19.5 Å². The van der Waals surface area contributed by atoms with Crippen LogP contribution in [0.3, 0.4) is 0 Å². The van der Waals surface area contributed by atoms with Crippen LogP contribution >= 0.6 is 0 Å². The molecule has 1 heterocycles. The number of halogens is 3. The number of hydrogen-bond acceptors (Lipinski definition) is 3. The maximum absolute atomic E-state index is 13.1. The number of aliphatic hydroxyl groups is 1. The first kappa shape index (κ1) is 15.3. The van der Waals surface area contributed by atoms with Crippen LogP contribution < -0.4 is 5.32 Å². The van der Waals surface area contributed by atoms with Gasteiger partial charge in [-0.05, 0) is 18.1 Å². The molecule has 0 unspecified atom stereocenters. The summed E-state index contributed by atoms with van der Waals surface area (Å²) in [4.78, 5) is 2.01. The lowest BCUT2D eigenvalue weighted by Gasteiger charge is -2.36. The van der Waals surface area contributed by atoms with Gasteiger partial charge in [0.1, 0.15) is 0 Å². The van der Waals surface area contributed by atoms with Crippen LogP contribution in [-0.4, -0.2) is 42.8 Å². The van der Waals surface area contributed by atoms with Gasteiger partial charge in [-0.25, -0.2) is 0 Å². The van der Waals surface area contributed by atoms with E-state index in [4.69, 9.17) is 0 Å². The van der Waals surface area contributed by atoms with Crippen molar-refractivity contribution in [1.82, 2.24) is 10.2 Å². The van der Waals surface area contributed by atoms with Gasteiger partial charge in [0.25, 0.3) is 0 Å². The fourth-order valence-electron chi connectivity index (χ4n) is 2.70. The molecule has 0 saturated carbocycles. The molecule has 2 N–H and O–H groups in total. The van der Waals surface area contributed by atoms with Gasteiger partial charge in [-0.2, -0.15) is 13.2 Å². The molecule has 1 aliphatic rings. The third-order valence-electron chi connectivity index (χ3n) is 3.62. The molecule has 1 fully saturated rings. The molecule has 6 heteroatoms. The molecule has 0 bridgehead atoms. The van der Waals surface area contributed by atoms with Gasteiger partial charge in [-0.1, -0.05) is 18.2 Å². The van der Waals surface area contributed by atoms with Crippen LogP contribution in [0.5, 0.6) is 0 Å². The first-order valence-electron chi connectivity index (χ1n) is 6.76. The summed E-state index contributed by atoms with van der Waals surface area (Å²) >= 11 is 0. The van der Waals surface area contributed by atoms with E-state index in [2.05, 4.69) is 5.32 Å². The molecule has 1 saturated heterocycles. The smallest absolute Gasteiger partial charge is 0.396 e. The summed E-state index contributed by atoms with van der Waals surface area (Å²) in [6.07, 6.45) is -4.05. The van der Waals surface area contributed by atoms with Gasteiger partial charge in [0.15, 0.2) is 0 Å². The number of aliphatic hydroxyl groups excluding tert-OH is 1. The second kappa shape index (κ2) is 6.56. The normalized spacial score (nSPS) is 19.0. The van der Waals surface area contributed by atoms with E-state index in [1.807, 2.05) is 4.90 Å². The fraction of sp³-hybridized carbons (Fsp3) is 0.571. The van der Waals surface area contributed by atoms with Crippen molar-refractivity contribution in [1.29, 1.82) is 0 Å². The van der Waals surface area contributed by atoms with Crippen molar-refractivity contribution in [3.8, 4) is 0 Å². The Morgan fingerprint density at radius 1 is 1.20 bits per heavy atom. The lowest BCUT2D eigenvalue weighted by atomic mass is 9.96. The molecule has 1 aromatic carbocycles. The lowest BCUT2D eigenvalue weighted by molar-refractivity contribution is -0.138. The highest BCUT2D eigenvalue weighted by molar-refractivity contribution is 5.32. The number of rotatable bonds is 4. The van der Waals surface area contributed by atoms with Crippen LogP contribution in [0.4, 0.5) is 13.2 Å². The van der Waals surface area contributed by atoms with Gasteiger partial charge in [0, 0.05) is 38.8 Å². The lowest BCUT2D eigenvalue weighted by Crippen LogP contribution is -2.45. The molecule has 0 aromatic heterocycles. The molecule has 3 nitrogen and oxygen atoms in total. The van der Waals surface area contributed by atoms with Gasteiger partial charge < -0.3 is 10.4 Å². The van der Waals surface area contributed by atoms with Crippen molar-refractivity contribution in [2.45, 2.75) is 18.6 Å². The van der Waals surface area contributed by atoms with Gasteiger partial charge in [-0.3, -0.25) is 4.90 Å². The zero-order chi connectivity index (χ0) is 14.6. The largest absolute Gasteiger partial charge is 0.416 e. The number of alkyl halides is 3. The summed E-state index contributed by atoms with van der Waals surface area (Å²) in [5.74, 6) is 0. The summed E-state index contributed by atoms with van der Waals surface area (Å²) in [6.45, 7) is 2.78. The van der Waals surface area contributed by atoms with Crippen molar-refractivity contribution in [2.75, 3.05) is 32.8 Å². The van der Waals surface area contributed by atoms with Crippen LogP contribution in [-0.2, 0) is 6.18 Å². The first-order chi connectivity index (χ1) is 9.54. The van der Waals surface area contributed by atoms with Crippen molar-refractivity contribution in [2.24, 2.45) is 0 Å². The molecule has 20 heavy (non-hydrogen) atoms. The van der Waals surface area contributed by atoms with Crippen molar-refractivity contribution in [3.63, 3.8) is 0 Å². The second-order valence-electron chi connectivity index (χ2n) is 4.90. The predicted octanol–water partition coefficient (Wildman–Crippen LogP) is 2.03. The fourth-order valence-corrected chi connectivity index (χ4v) is 2.70. The number of benzene rings is 1. The SMILES string of the molecule is OCC[C@@H](c1ccccc1C(F)(F)F)N1CCNCC1. The molecule has 1 atom stereocenters. The highest BCUT2D eigenvalue weighted by Crippen LogP contribution is 2.37. The van der Waals surface area contributed by atoms with E-state index in [9.17, 15) is 18.3 Å². The summed E-state index contributed by atoms with van der Waals surface area (Å²) in [5, 5.41) is 12.4. The Morgan fingerprint density at radius 2 is 1.85 bits per heavy atom. The molecule has 1 aromatic rings. The molecule has 0 spiro atoms. The van der Waals surface area contributed by atoms with E-state index < -0.39 is 11.7 Å². The summed E-state index contributed by atoms with van der Waals surface area (Å²) < 4.78 is 39.4. The maximum atomic E-state index is 13.1. The maximum Gasteiger partial charge on any atom is 0.416 e. The highest BCUT2D eigenvalue weighted by Gasteiger charge is 2.36. The predicted molar refractivity (Wildman–Crippen MR) is 70.3 cm³/mol. The Labute approximate surface area is 116 Å². The van der Waals surface area contributed by atoms with Gasteiger partial charge in [-0.15, -0.1) is 0 Å². The van der Waals surface area contributed by atoms with Gasteiger partial charge >= 0.3 is 6.18 Å². The van der Waals surface area contributed by atoms with E-state index in [0.717, 1.165) is 19.2 Å². The van der Waals surface area contributed by atoms with E-state index >= 15 is 0 Å². The first-order valence-corrected chi connectivity index (χ1v) is 6.76. The third-order valence-corrected chi connectivity index (χ3v) is 3.62. The number of nitrogens with zero attached hydrogens (tertiary/aromatic N) is 1.